The van der Waals surface area contributed by atoms with Crippen LogP contribution in [0.5, 0.6) is 0 Å². The first kappa shape index (κ1) is 12.2. The molecule has 1 rings (SSSR count). The van der Waals surface area contributed by atoms with Crippen LogP contribution in [0, 0.1) is 11.8 Å². The van der Waals surface area contributed by atoms with Gasteiger partial charge in [-0.15, -0.1) is 11.6 Å². The molecule has 0 aromatic carbocycles. The molecule has 14 heavy (non-hydrogen) atoms. The maximum atomic E-state index is 11.6. The maximum absolute atomic E-state index is 11.6. The van der Waals surface area contributed by atoms with Crippen molar-refractivity contribution < 1.29 is 4.79 Å². The van der Waals surface area contributed by atoms with Crippen molar-refractivity contribution in [3.8, 4) is 0 Å². The Kier molecular flexibility index (Phi) is 5.71. The quantitative estimate of drug-likeness (QED) is 0.740. The lowest BCUT2D eigenvalue weighted by Crippen LogP contribution is -2.33. The van der Waals surface area contributed by atoms with E-state index in [4.69, 9.17) is 11.6 Å². The van der Waals surface area contributed by atoms with E-state index in [-0.39, 0.29) is 11.8 Å². The van der Waals surface area contributed by atoms with Crippen LogP contribution in [0.1, 0.15) is 19.8 Å². The summed E-state index contributed by atoms with van der Waals surface area (Å²) in [6, 6.07) is 0. The van der Waals surface area contributed by atoms with Gasteiger partial charge in [0.1, 0.15) is 0 Å². The van der Waals surface area contributed by atoms with Gasteiger partial charge in [0.2, 0.25) is 5.91 Å². The number of halogens is 1. The summed E-state index contributed by atoms with van der Waals surface area (Å²) in [7, 11) is 0. The number of hydrogen-bond donors (Lipinski definition) is 1. The summed E-state index contributed by atoms with van der Waals surface area (Å²) >= 11 is 7.50. The Bertz CT molecular complexity index is 183. The first-order valence-electron chi connectivity index (χ1n) is 5.15. The molecule has 1 aliphatic heterocycles. The highest BCUT2D eigenvalue weighted by molar-refractivity contribution is 7.99. The second kappa shape index (κ2) is 6.57. The van der Waals surface area contributed by atoms with Crippen LogP contribution < -0.4 is 5.32 Å². The Hall–Kier alpha value is 0.110. The van der Waals surface area contributed by atoms with Crippen molar-refractivity contribution >= 4 is 29.3 Å². The molecule has 1 saturated heterocycles. The lowest BCUT2D eigenvalue weighted by molar-refractivity contribution is -0.124. The molecule has 2 nitrogen and oxygen atoms in total. The first-order valence-corrected chi connectivity index (χ1v) is 6.84. The second-order valence-electron chi connectivity index (χ2n) is 3.89. The predicted octanol–water partition coefficient (Wildman–Crippen LogP) is 2.12. The minimum atomic E-state index is 0.233. The summed E-state index contributed by atoms with van der Waals surface area (Å²) < 4.78 is 0. The fraction of sp³-hybridized carbons (Fsp3) is 0.900. The minimum absolute atomic E-state index is 0.233. The van der Waals surface area contributed by atoms with Gasteiger partial charge in [0.25, 0.3) is 0 Å². The van der Waals surface area contributed by atoms with Crippen molar-refractivity contribution in [3.63, 3.8) is 0 Å². The van der Waals surface area contributed by atoms with Crippen molar-refractivity contribution in [2.24, 2.45) is 11.8 Å². The molecule has 0 bridgehead atoms. The fourth-order valence-corrected chi connectivity index (χ4v) is 3.04. The average molecular weight is 236 g/mol. The van der Waals surface area contributed by atoms with Gasteiger partial charge in [0, 0.05) is 24.1 Å². The number of carbonyl (C=O) groups is 1. The van der Waals surface area contributed by atoms with Gasteiger partial charge in [-0.1, -0.05) is 6.92 Å². The lowest BCUT2D eigenvalue weighted by Gasteiger charge is -2.13. The van der Waals surface area contributed by atoms with Gasteiger partial charge in [-0.3, -0.25) is 4.79 Å². The Morgan fingerprint density at radius 1 is 1.71 bits per heavy atom. The molecule has 1 aliphatic rings. The minimum Gasteiger partial charge on any atom is -0.356 e. The van der Waals surface area contributed by atoms with Crippen LogP contribution in [0.25, 0.3) is 0 Å². The summed E-state index contributed by atoms with van der Waals surface area (Å²) in [6.07, 6.45) is 2.02. The average Bonchev–Trinajstić information content (AvgIpc) is 2.67. The van der Waals surface area contributed by atoms with Crippen LogP contribution in [-0.4, -0.2) is 29.8 Å². The van der Waals surface area contributed by atoms with Crippen LogP contribution in [0.3, 0.4) is 0 Å². The smallest absolute Gasteiger partial charge is 0.223 e. The molecule has 0 aliphatic carbocycles. The standard InChI is InChI=1S/C10H18ClNOS/c1-8(2-4-11)6-12-10(13)9-3-5-14-7-9/h8-9H,2-7H2,1H3,(H,12,13). The Balaban J connectivity index is 2.13. The third-order valence-electron chi connectivity index (χ3n) is 2.53. The summed E-state index contributed by atoms with van der Waals surface area (Å²) in [5.74, 6) is 3.78. The van der Waals surface area contributed by atoms with Gasteiger partial charge in [-0.05, 0) is 24.5 Å². The third-order valence-corrected chi connectivity index (χ3v) is 3.91. The number of rotatable bonds is 5. The number of thioether (sulfide) groups is 1. The molecule has 2 unspecified atom stereocenters. The van der Waals surface area contributed by atoms with Crippen molar-refractivity contribution in [2.75, 3.05) is 23.9 Å². The van der Waals surface area contributed by atoms with Gasteiger partial charge in [0.05, 0.1) is 0 Å². The number of alkyl halides is 1. The third kappa shape index (κ3) is 4.09. The zero-order chi connectivity index (χ0) is 10.4. The Morgan fingerprint density at radius 2 is 2.50 bits per heavy atom. The molecule has 0 saturated carbocycles. The highest BCUT2D eigenvalue weighted by atomic mass is 35.5. The monoisotopic (exact) mass is 235 g/mol. The Labute approximate surface area is 95.2 Å². The second-order valence-corrected chi connectivity index (χ2v) is 5.42. The molecule has 82 valence electrons. The maximum Gasteiger partial charge on any atom is 0.223 e. The summed E-state index contributed by atoms with van der Waals surface area (Å²) in [5.41, 5.74) is 0. The van der Waals surface area contributed by atoms with Gasteiger partial charge in [-0.2, -0.15) is 11.8 Å². The molecule has 4 heteroatoms. The number of nitrogens with one attached hydrogen (secondary N) is 1. The van der Waals surface area contributed by atoms with Crippen molar-refractivity contribution in [2.45, 2.75) is 19.8 Å². The molecule has 0 radical (unpaired) electrons. The van der Waals surface area contributed by atoms with E-state index in [1.165, 1.54) is 0 Å². The largest absolute Gasteiger partial charge is 0.356 e. The van der Waals surface area contributed by atoms with Gasteiger partial charge in [-0.25, -0.2) is 0 Å². The van der Waals surface area contributed by atoms with Crippen LogP contribution in [0.4, 0.5) is 0 Å². The van der Waals surface area contributed by atoms with Gasteiger partial charge >= 0.3 is 0 Å². The fourth-order valence-electron chi connectivity index (χ4n) is 1.45. The molecule has 1 fully saturated rings. The Morgan fingerprint density at radius 3 is 3.07 bits per heavy atom. The van der Waals surface area contributed by atoms with Crippen molar-refractivity contribution in [1.29, 1.82) is 0 Å². The molecule has 0 aromatic heterocycles. The molecule has 0 aromatic rings. The molecular formula is C10H18ClNOS. The lowest BCUT2D eigenvalue weighted by atomic mass is 10.1. The molecule has 1 N–H and O–H groups in total. The zero-order valence-electron chi connectivity index (χ0n) is 8.59. The molecule has 0 spiro atoms. The van der Waals surface area contributed by atoms with E-state index in [0.717, 1.165) is 30.9 Å². The molecule has 2 atom stereocenters. The van der Waals surface area contributed by atoms with Gasteiger partial charge < -0.3 is 5.32 Å². The van der Waals surface area contributed by atoms with E-state index in [0.29, 0.717) is 11.8 Å². The van der Waals surface area contributed by atoms with Gasteiger partial charge in [0.15, 0.2) is 0 Å². The topological polar surface area (TPSA) is 29.1 Å². The van der Waals surface area contributed by atoms with E-state index in [1.54, 1.807) is 0 Å². The molecule has 1 heterocycles. The van der Waals surface area contributed by atoms with Crippen LogP contribution >= 0.6 is 23.4 Å². The van der Waals surface area contributed by atoms with Crippen LogP contribution in [-0.2, 0) is 4.79 Å². The number of carbonyl (C=O) groups excluding carboxylic acids is 1. The van der Waals surface area contributed by atoms with Crippen molar-refractivity contribution in [1.82, 2.24) is 5.32 Å². The summed E-state index contributed by atoms with van der Waals surface area (Å²) in [4.78, 5) is 11.6. The first-order chi connectivity index (χ1) is 6.74. The summed E-state index contributed by atoms with van der Waals surface area (Å²) in [5, 5.41) is 3.00. The summed E-state index contributed by atoms with van der Waals surface area (Å²) in [6.45, 7) is 2.89. The van der Waals surface area contributed by atoms with E-state index in [1.807, 2.05) is 11.8 Å². The van der Waals surface area contributed by atoms with E-state index >= 15 is 0 Å². The van der Waals surface area contributed by atoms with E-state index < -0.39 is 0 Å². The zero-order valence-corrected chi connectivity index (χ0v) is 10.2. The van der Waals surface area contributed by atoms with E-state index in [2.05, 4.69) is 12.2 Å². The number of hydrogen-bond acceptors (Lipinski definition) is 2. The molecule has 1 amide bonds. The normalized spacial score (nSPS) is 23.4. The molecular weight excluding hydrogens is 218 g/mol. The predicted molar refractivity (Wildman–Crippen MR) is 62.9 cm³/mol. The van der Waals surface area contributed by atoms with Crippen molar-refractivity contribution in [3.05, 3.63) is 0 Å². The number of amides is 1. The van der Waals surface area contributed by atoms with Crippen LogP contribution in [0.15, 0.2) is 0 Å². The van der Waals surface area contributed by atoms with E-state index in [9.17, 15) is 4.79 Å². The SMILES string of the molecule is CC(CCCl)CNC(=O)C1CCSC1. The van der Waals surface area contributed by atoms with Crippen LogP contribution in [0.2, 0.25) is 0 Å². The highest BCUT2D eigenvalue weighted by Crippen LogP contribution is 2.23. The highest BCUT2D eigenvalue weighted by Gasteiger charge is 2.22.